The highest BCUT2D eigenvalue weighted by Crippen LogP contribution is 2.43. The van der Waals surface area contributed by atoms with Crippen LogP contribution in [0.1, 0.15) is 36.5 Å². The van der Waals surface area contributed by atoms with Gasteiger partial charge in [-0.2, -0.15) is 5.10 Å². The van der Waals surface area contributed by atoms with E-state index in [4.69, 9.17) is 10.5 Å². The van der Waals surface area contributed by atoms with Crippen molar-refractivity contribution >= 4 is 11.7 Å². The van der Waals surface area contributed by atoms with E-state index in [1.54, 1.807) is 7.11 Å². The summed E-state index contributed by atoms with van der Waals surface area (Å²) in [4.78, 5) is 11.0. The van der Waals surface area contributed by atoms with Crippen molar-refractivity contribution in [2.24, 2.45) is 10.8 Å². The highest BCUT2D eigenvalue weighted by atomic mass is 16.5. The van der Waals surface area contributed by atoms with Gasteiger partial charge in [0.2, 0.25) is 0 Å². The first-order valence-corrected chi connectivity index (χ1v) is 7.91. The second kappa shape index (κ2) is 6.35. The minimum absolute atomic E-state index is 0.142. The number of carbonyl (C=O) groups excluding carboxylic acids is 1. The number of primary amides is 1. The van der Waals surface area contributed by atoms with Gasteiger partial charge in [0.05, 0.1) is 12.8 Å². The smallest absolute Gasteiger partial charge is 0.332 e. The Morgan fingerprint density at radius 1 is 1.25 bits per heavy atom. The van der Waals surface area contributed by atoms with Crippen LogP contribution in [0.15, 0.2) is 53.6 Å². The van der Waals surface area contributed by atoms with Gasteiger partial charge in [0.25, 0.3) is 0 Å². The van der Waals surface area contributed by atoms with E-state index in [2.05, 4.69) is 47.8 Å². The maximum absolute atomic E-state index is 11.0. The second-order valence-corrected chi connectivity index (χ2v) is 6.14. The topological polar surface area (TPSA) is 76.7 Å². The quantitative estimate of drug-likeness (QED) is 0.851. The Morgan fingerprint density at radius 3 is 2.67 bits per heavy atom. The van der Waals surface area contributed by atoms with Crippen molar-refractivity contribution in [1.29, 1.82) is 0 Å². The van der Waals surface area contributed by atoms with Crippen molar-refractivity contribution in [2.45, 2.75) is 25.2 Å². The molecular weight excluding hydrogens is 302 g/mol. The number of methoxy groups -OCH3 is 1. The molecule has 2 aromatic carbocycles. The summed E-state index contributed by atoms with van der Waals surface area (Å²) < 4.78 is 5.41. The average molecular weight is 323 g/mol. The van der Waals surface area contributed by atoms with E-state index in [1.807, 2.05) is 18.2 Å². The number of hydrogen-bond donors (Lipinski definition) is 2. The molecule has 1 aliphatic carbocycles. The van der Waals surface area contributed by atoms with Crippen LogP contribution in [0, 0.1) is 0 Å². The summed E-state index contributed by atoms with van der Waals surface area (Å²) in [6, 6.07) is 15.7. The van der Waals surface area contributed by atoms with E-state index in [-0.39, 0.29) is 5.41 Å². The summed E-state index contributed by atoms with van der Waals surface area (Å²) in [7, 11) is 1.66. The average Bonchev–Trinajstić information content (AvgIpc) is 2.61. The van der Waals surface area contributed by atoms with Crippen LogP contribution in [-0.4, -0.2) is 18.9 Å². The number of nitrogens with zero attached hydrogens (tertiary/aromatic N) is 1. The number of nitrogens with two attached hydrogens (primary N) is 1. The van der Waals surface area contributed by atoms with Crippen LogP contribution < -0.4 is 15.9 Å². The fraction of sp³-hybridized carbons (Fsp3) is 0.263. The Kier molecular flexibility index (Phi) is 4.25. The first-order valence-electron chi connectivity index (χ1n) is 7.91. The maximum atomic E-state index is 11.0. The largest absolute Gasteiger partial charge is 0.497 e. The Morgan fingerprint density at radius 2 is 2.00 bits per heavy atom. The number of carbonyl (C=O) groups is 1. The fourth-order valence-electron chi connectivity index (χ4n) is 3.34. The lowest BCUT2D eigenvalue weighted by atomic mass is 9.67. The monoisotopic (exact) mass is 323 g/mol. The molecule has 3 rings (SSSR count). The molecule has 0 aromatic heterocycles. The fourth-order valence-corrected chi connectivity index (χ4v) is 3.34. The lowest BCUT2D eigenvalue weighted by Crippen LogP contribution is -2.33. The Labute approximate surface area is 141 Å². The van der Waals surface area contributed by atoms with Crippen LogP contribution in [0.4, 0.5) is 4.79 Å². The van der Waals surface area contributed by atoms with Crippen LogP contribution >= 0.6 is 0 Å². The maximum Gasteiger partial charge on any atom is 0.332 e. The van der Waals surface area contributed by atoms with Gasteiger partial charge in [-0.25, -0.2) is 10.2 Å². The number of benzene rings is 2. The van der Waals surface area contributed by atoms with Gasteiger partial charge in [-0.3, -0.25) is 0 Å². The first-order chi connectivity index (χ1) is 11.5. The SMILES string of the molecule is COc1ccc2c(c1)C(C)(c1ccccc1)CC/C2=N\NC(N)=O. The van der Waals surface area contributed by atoms with Crippen LogP contribution in [0.2, 0.25) is 0 Å². The number of hydrazone groups is 1. The molecule has 3 N–H and O–H groups in total. The summed E-state index contributed by atoms with van der Waals surface area (Å²) in [5.74, 6) is 0.806. The Bertz CT molecular complexity index is 786. The zero-order valence-electron chi connectivity index (χ0n) is 13.9. The van der Waals surface area contributed by atoms with Crippen molar-refractivity contribution < 1.29 is 9.53 Å². The normalized spacial score (nSPS) is 21.2. The van der Waals surface area contributed by atoms with Gasteiger partial charge in [0.15, 0.2) is 0 Å². The lowest BCUT2D eigenvalue weighted by molar-refractivity contribution is 0.249. The molecule has 0 spiro atoms. The summed E-state index contributed by atoms with van der Waals surface area (Å²) in [6.45, 7) is 2.24. The summed E-state index contributed by atoms with van der Waals surface area (Å²) in [5, 5.41) is 4.19. The van der Waals surface area contributed by atoms with Crippen LogP contribution in [0.25, 0.3) is 0 Å². The molecule has 0 fully saturated rings. The van der Waals surface area contributed by atoms with Gasteiger partial charge in [-0.1, -0.05) is 37.3 Å². The summed E-state index contributed by atoms with van der Waals surface area (Å²) in [6.07, 6.45) is 1.64. The summed E-state index contributed by atoms with van der Waals surface area (Å²) in [5.41, 5.74) is 11.6. The van der Waals surface area contributed by atoms with E-state index < -0.39 is 6.03 Å². The highest BCUT2D eigenvalue weighted by molar-refractivity contribution is 6.04. The molecule has 124 valence electrons. The van der Waals surface area contributed by atoms with E-state index >= 15 is 0 Å². The number of ether oxygens (including phenoxy) is 1. The van der Waals surface area contributed by atoms with Crippen molar-refractivity contribution in [2.75, 3.05) is 7.11 Å². The molecule has 2 amide bonds. The van der Waals surface area contributed by atoms with Crippen LogP contribution in [0.5, 0.6) is 5.75 Å². The molecule has 0 bridgehead atoms. The highest BCUT2D eigenvalue weighted by Gasteiger charge is 2.36. The third-order valence-corrected chi connectivity index (χ3v) is 4.71. The third kappa shape index (κ3) is 2.85. The Balaban J connectivity index is 2.14. The zero-order valence-corrected chi connectivity index (χ0v) is 13.9. The van der Waals surface area contributed by atoms with Gasteiger partial charge in [0, 0.05) is 11.0 Å². The second-order valence-electron chi connectivity index (χ2n) is 6.14. The van der Waals surface area contributed by atoms with Crippen LogP contribution in [-0.2, 0) is 5.41 Å². The standard InChI is InChI=1S/C19H21N3O2/c1-19(13-6-4-3-5-7-13)11-10-17(21-22-18(20)23)15-9-8-14(24-2)12-16(15)19/h3-9,12H,10-11H2,1-2H3,(H3,20,22,23)/b21-17+. The number of fused-ring (bicyclic) bond motifs is 1. The molecule has 24 heavy (non-hydrogen) atoms. The van der Waals surface area contributed by atoms with Gasteiger partial charge < -0.3 is 10.5 Å². The number of nitrogens with one attached hydrogen (secondary N) is 1. The first kappa shape index (κ1) is 16.1. The molecule has 1 atom stereocenters. The molecule has 1 aliphatic rings. The molecule has 2 aromatic rings. The Hall–Kier alpha value is -2.82. The predicted octanol–water partition coefficient (Wildman–Crippen LogP) is 3.17. The van der Waals surface area contributed by atoms with E-state index in [9.17, 15) is 4.79 Å². The van der Waals surface area contributed by atoms with Gasteiger partial charge >= 0.3 is 6.03 Å². The molecule has 5 nitrogen and oxygen atoms in total. The van der Waals surface area contributed by atoms with E-state index in [0.29, 0.717) is 0 Å². The number of amides is 2. The minimum Gasteiger partial charge on any atom is -0.497 e. The van der Waals surface area contributed by atoms with E-state index in [1.165, 1.54) is 5.56 Å². The van der Waals surface area contributed by atoms with Crippen molar-refractivity contribution in [3.8, 4) is 5.75 Å². The molecule has 0 heterocycles. The number of hydrogen-bond acceptors (Lipinski definition) is 3. The van der Waals surface area contributed by atoms with Crippen molar-refractivity contribution in [3.05, 3.63) is 65.2 Å². The number of rotatable bonds is 3. The van der Waals surface area contributed by atoms with Crippen molar-refractivity contribution in [3.63, 3.8) is 0 Å². The zero-order chi connectivity index (χ0) is 17.2. The van der Waals surface area contributed by atoms with Gasteiger partial charge in [-0.15, -0.1) is 0 Å². The van der Waals surface area contributed by atoms with E-state index in [0.717, 1.165) is 35.4 Å². The molecule has 0 saturated carbocycles. The summed E-state index contributed by atoms with van der Waals surface area (Å²) >= 11 is 0. The molecule has 0 aliphatic heterocycles. The van der Waals surface area contributed by atoms with Gasteiger partial charge in [0.1, 0.15) is 5.75 Å². The van der Waals surface area contributed by atoms with Gasteiger partial charge in [-0.05, 0) is 42.2 Å². The molecule has 1 unspecified atom stereocenters. The van der Waals surface area contributed by atoms with Crippen molar-refractivity contribution in [1.82, 2.24) is 5.43 Å². The molecule has 5 heteroatoms. The minimum atomic E-state index is -0.658. The molecule has 0 saturated heterocycles. The number of urea groups is 1. The lowest BCUT2D eigenvalue weighted by Gasteiger charge is -2.37. The third-order valence-electron chi connectivity index (χ3n) is 4.71. The van der Waals surface area contributed by atoms with Crippen LogP contribution in [0.3, 0.4) is 0 Å². The predicted molar refractivity (Wildman–Crippen MR) is 94.4 cm³/mol. The molecule has 0 radical (unpaired) electrons. The molecular formula is C19H21N3O2.